The van der Waals surface area contributed by atoms with Crippen molar-refractivity contribution in [3.8, 4) is 5.82 Å². The van der Waals surface area contributed by atoms with Crippen LogP contribution >= 0.6 is 0 Å². The predicted molar refractivity (Wildman–Crippen MR) is 84.2 cm³/mol. The van der Waals surface area contributed by atoms with E-state index < -0.39 is 5.82 Å². The number of hydrogen-bond acceptors (Lipinski definition) is 5. The van der Waals surface area contributed by atoms with E-state index in [1.165, 1.54) is 24.7 Å². The SMILES string of the molecule is COC1(C)CCC(NC(=O)c2ncn(-c3ncccc3F)n2)CC1. The predicted octanol–water partition coefficient (Wildman–Crippen LogP) is 1.88. The van der Waals surface area contributed by atoms with Crippen molar-refractivity contribution in [2.24, 2.45) is 0 Å². The molecule has 24 heavy (non-hydrogen) atoms. The largest absolute Gasteiger partial charge is 0.379 e. The van der Waals surface area contributed by atoms with Crippen LogP contribution in [0.2, 0.25) is 0 Å². The molecule has 2 aromatic heterocycles. The number of ether oxygens (including phenoxy) is 1. The van der Waals surface area contributed by atoms with E-state index in [-0.39, 0.29) is 29.2 Å². The lowest BCUT2D eigenvalue weighted by Gasteiger charge is -2.36. The van der Waals surface area contributed by atoms with Gasteiger partial charge in [0.2, 0.25) is 5.82 Å². The summed E-state index contributed by atoms with van der Waals surface area (Å²) >= 11 is 0. The zero-order valence-electron chi connectivity index (χ0n) is 13.7. The van der Waals surface area contributed by atoms with E-state index in [1.807, 2.05) is 0 Å². The van der Waals surface area contributed by atoms with Crippen LogP contribution in [0, 0.1) is 5.82 Å². The maximum absolute atomic E-state index is 13.7. The summed E-state index contributed by atoms with van der Waals surface area (Å²) in [6.45, 7) is 2.08. The molecule has 0 unspecified atom stereocenters. The molecular formula is C16H20FN5O2. The summed E-state index contributed by atoms with van der Waals surface area (Å²) in [5.41, 5.74) is -0.114. The lowest BCUT2D eigenvalue weighted by molar-refractivity contribution is -0.0287. The Kier molecular flexibility index (Phi) is 4.57. The van der Waals surface area contributed by atoms with Crippen molar-refractivity contribution in [3.05, 3.63) is 36.3 Å². The Morgan fingerprint density at radius 2 is 2.17 bits per heavy atom. The Bertz CT molecular complexity index is 725. The number of nitrogens with one attached hydrogen (secondary N) is 1. The van der Waals surface area contributed by atoms with Gasteiger partial charge in [0.15, 0.2) is 11.6 Å². The summed E-state index contributed by atoms with van der Waals surface area (Å²) in [6.07, 6.45) is 6.18. The molecule has 0 radical (unpaired) electrons. The quantitative estimate of drug-likeness (QED) is 0.924. The van der Waals surface area contributed by atoms with Crippen molar-refractivity contribution in [1.29, 1.82) is 0 Å². The Balaban J connectivity index is 1.64. The van der Waals surface area contributed by atoms with Gasteiger partial charge in [-0.05, 0) is 44.7 Å². The van der Waals surface area contributed by atoms with E-state index in [1.54, 1.807) is 7.11 Å². The molecule has 0 spiro atoms. The molecule has 128 valence electrons. The van der Waals surface area contributed by atoms with Gasteiger partial charge in [0.25, 0.3) is 5.91 Å². The molecular weight excluding hydrogens is 313 g/mol. The highest BCUT2D eigenvalue weighted by molar-refractivity contribution is 5.90. The lowest BCUT2D eigenvalue weighted by Crippen LogP contribution is -2.43. The summed E-state index contributed by atoms with van der Waals surface area (Å²) in [7, 11) is 1.71. The molecule has 2 heterocycles. The summed E-state index contributed by atoms with van der Waals surface area (Å²) in [4.78, 5) is 20.1. The van der Waals surface area contributed by atoms with Gasteiger partial charge in [-0.2, -0.15) is 4.68 Å². The first-order valence-electron chi connectivity index (χ1n) is 7.89. The fourth-order valence-electron chi connectivity index (χ4n) is 2.84. The van der Waals surface area contributed by atoms with Crippen LogP contribution in [-0.2, 0) is 4.74 Å². The molecule has 1 N–H and O–H groups in total. The summed E-state index contributed by atoms with van der Waals surface area (Å²) in [6, 6.07) is 2.83. The third-order valence-electron chi connectivity index (χ3n) is 4.52. The summed E-state index contributed by atoms with van der Waals surface area (Å²) in [5.74, 6) is -0.880. The molecule has 1 amide bonds. The number of carbonyl (C=O) groups excluding carboxylic acids is 1. The van der Waals surface area contributed by atoms with Crippen molar-refractivity contribution < 1.29 is 13.9 Å². The summed E-state index contributed by atoms with van der Waals surface area (Å²) in [5, 5.41) is 6.95. The number of aromatic nitrogens is 4. The number of pyridine rings is 1. The van der Waals surface area contributed by atoms with Gasteiger partial charge < -0.3 is 10.1 Å². The number of halogens is 1. The first-order valence-corrected chi connectivity index (χ1v) is 7.89. The molecule has 8 heteroatoms. The Labute approximate surface area is 139 Å². The number of rotatable bonds is 4. The Morgan fingerprint density at radius 1 is 1.42 bits per heavy atom. The van der Waals surface area contributed by atoms with Crippen LogP contribution in [-0.4, -0.2) is 44.4 Å². The van der Waals surface area contributed by atoms with Crippen LogP contribution in [0.25, 0.3) is 5.82 Å². The van der Waals surface area contributed by atoms with E-state index in [2.05, 4.69) is 27.3 Å². The highest BCUT2D eigenvalue weighted by Crippen LogP contribution is 2.30. The van der Waals surface area contributed by atoms with E-state index >= 15 is 0 Å². The van der Waals surface area contributed by atoms with Crippen molar-refractivity contribution in [3.63, 3.8) is 0 Å². The standard InChI is InChI=1S/C16H20FN5O2/c1-16(24-2)7-5-11(6-8-16)20-15(23)13-19-10-22(21-13)14-12(17)4-3-9-18-14/h3-4,9-11H,5-8H2,1-2H3,(H,20,23). The van der Waals surface area contributed by atoms with Gasteiger partial charge in [0.05, 0.1) is 5.60 Å². The molecule has 1 aliphatic carbocycles. The maximum Gasteiger partial charge on any atom is 0.291 e. The molecule has 0 atom stereocenters. The van der Waals surface area contributed by atoms with Gasteiger partial charge in [0, 0.05) is 19.3 Å². The molecule has 0 aromatic carbocycles. The zero-order valence-corrected chi connectivity index (χ0v) is 13.7. The van der Waals surface area contributed by atoms with Crippen LogP contribution in [0.3, 0.4) is 0 Å². The number of carbonyl (C=O) groups is 1. The van der Waals surface area contributed by atoms with E-state index in [4.69, 9.17) is 4.74 Å². The van der Waals surface area contributed by atoms with Crippen LogP contribution < -0.4 is 5.32 Å². The average molecular weight is 333 g/mol. The van der Waals surface area contributed by atoms with Crippen molar-refractivity contribution in [1.82, 2.24) is 25.1 Å². The first-order chi connectivity index (χ1) is 11.5. The minimum atomic E-state index is -0.527. The second kappa shape index (κ2) is 6.64. The van der Waals surface area contributed by atoms with Gasteiger partial charge in [-0.3, -0.25) is 4.79 Å². The topological polar surface area (TPSA) is 81.9 Å². The molecule has 0 bridgehead atoms. The van der Waals surface area contributed by atoms with E-state index in [9.17, 15) is 9.18 Å². The van der Waals surface area contributed by atoms with Crippen molar-refractivity contribution >= 4 is 5.91 Å². The Hall–Kier alpha value is -2.35. The average Bonchev–Trinajstić information content (AvgIpc) is 3.07. The van der Waals surface area contributed by atoms with Crippen molar-refractivity contribution in [2.75, 3.05) is 7.11 Å². The highest BCUT2D eigenvalue weighted by Gasteiger charge is 2.31. The van der Waals surface area contributed by atoms with Crippen LogP contribution in [0.4, 0.5) is 4.39 Å². The van der Waals surface area contributed by atoms with Crippen LogP contribution in [0.15, 0.2) is 24.7 Å². The van der Waals surface area contributed by atoms with E-state index in [0.29, 0.717) is 0 Å². The molecule has 1 saturated carbocycles. The number of amides is 1. The van der Waals surface area contributed by atoms with E-state index in [0.717, 1.165) is 30.4 Å². The minimum Gasteiger partial charge on any atom is -0.379 e. The summed E-state index contributed by atoms with van der Waals surface area (Å²) < 4.78 is 20.4. The second-order valence-electron chi connectivity index (χ2n) is 6.22. The molecule has 7 nitrogen and oxygen atoms in total. The van der Waals surface area contributed by atoms with Crippen LogP contribution in [0.5, 0.6) is 0 Å². The smallest absolute Gasteiger partial charge is 0.291 e. The van der Waals surface area contributed by atoms with Gasteiger partial charge in [-0.25, -0.2) is 14.4 Å². The lowest BCUT2D eigenvalue weighted by atomic mass is 9.83. The third-order valence-corrected chi connectivity index (χ3v) is 4.52. The highest BCUT2D eigenvalue weighted by atomic mass is 19.1. The molecule has 2 aromatic rings. The third kappa shape index (κ3) is 3.43. The normalized spacial score (nSPS) is 23.9. The molecule has 1 fully saturated rings. The first kappa shape index (κ1) is 16.5. The molecule has 1 aliphatic rings. The van der Waals surface area contributed by atoms with Gasteiger partial charge in [-0.15, -0.1) is 5.10 Å². The Morgan fingerprint density at radius 3 is 2.83 bits per heavy atom. The van der Waals surface area contributed by atoms with Crippen LogP contribution in [0.1, 0.15) is 43.2 Å². The number of hydrogen-bond donors (Lipinski definition) is 1. The molecule has 0 saturated heterocycles. The molecule has 0 aliphatic heterocycles. The number of methoxy groups -OCH3 is 1. The zero-order chi connectivity index (χ0) is 17.2. The fourth-order valence-corrected chi connectivity index (χ4v) is 2.84. The second-order valence-corrected chi connectivity index (χ2v) is 6.22. The molecule has 3 rings (SSSR count). The monoisotopic (exact) mass is 333 g/mol. The van der Waals surface area contributed by atoms with Crippen molar-refractivity contribution in [2.45, 2.75) is 44.2 Å². The number of nitrogens with zero attached hydrogens (tertiary/aromatic N) is 4. The van der Waals surface area contributed by atoms with Gasteiger partial charge in [0.1, 0.15) is 6.33 Å². The van der Waals surface area contributed by atoms with Gasteiger partial charge in [-0.1, -0.05) is 0 Å². The maximum atomic E-state index is 13.7. The van der Waals surface area contributed by atoms with Gasteiger partial charge >= 0.3 is 0 Å². The minimum absolute atomic E-state index is 0.000120. The fraction of sp³-hybridized carbons (Fsp3) is 0.500.